The molecule has 0 saturated heterocycles. The third-order valence-electron chi connectivity index (χ3n) is 6.90. The van der Waals surface area contributed by atoms with Crippen LogP contribution in [0.1, 0.15) is 163 Å². The smallest absolute Gasteiger partial charge is 0.325 e. The van der Waals surface area contributed by atoms with Gasteiger partial charge in [-0.1, -0.05) is 137 Å². The Labute approximate surface area is 202 Å². The fraction of sp³-hybridized carbons (Fsp3) is 0.966. The predicted molar refractivity (Wildman–Crippen MR) is 141 cm³/mol. The lowest BCUT2D eigenvalue weighted by molar-refractivity contribution is -0.191. The van der Waals surface area contributed by atoms with E-state index in [-0.39, 0.29) is 5.97 Å². The first kappa shape index (κ1) is 31.4. The van der Waals surface area contributed by atoms with Gasteiger partial charge in [0.15, 0.2) is 0 Å². The quantitative estimate of drug-likeness (QED) is 0.102. The standard InChI is InChI=1S/C29H59NO2/c1-5-9-11-13-18-22-26-30(27-23-19-14-12-10-6-2)32-29(31)25-21-17-15-16-20-24-28(7-3)8-4/h28H,5-27H2,1-4H3. The largest absolute Gasteiger partial charge is 0.368 e. The SMILES string of the molecule is CCCCCCCCN(CCCCCCCC)OC(=O)CCCCCCCC(CC)CC. The van der Waals surface area contributed by atoms with Crippen LogP contribution in [-0.4, -0.2) is 24.1 Å². The fourth-order valence-corrected chi connectivity index (χ4v) is 4.46. The molecule has 0 N–H and O–H groups in total. The first-order chi connectivity index (χ1) is 15.7. The number of carbonyl (C=O) groups is 1. The molecule has 0 fully saturated rings. The van der Waals surface area contributed by atoms with E-state index in [1.165, 1.54) is 103 Å². The molecule has 0 amide bonds. The van der Waals surface area contributed by atoms with Crippen molar-refractivity contribution in [1.82, 2.24) is 5.06 Å². The average Bonchev–Trinajstić information content (AvgIpc) is 2.80. The van der Waals surface area contributed by atoms with Crippen LogP contribution in [-0.2, 0) is 9.63 Å². The molecule has 192 valence electrons. The third-order valence-corrected chi connectivity index (χ3v) is 6.90. The highest BCUT2D eigenvalue weighted by Crippen LogP contribution is 2.18. The monoisotopic (exact) mass is 453 g/mol. The van der Waals surface area contributed by atoms with Crippen molar-refractivity contribution in [3.05, 3.63) is 0 Å². The Morgan fingerprint density at radius 2 is 1.03 bits per heavy atom. The van der Waals surface area contributed by atoms with E-state index in [1.807, 2.05) is 5.06 Å². The highest BCUT2D eigenvalue weighted by atomic mass is 16.7. The van der Waals surface area contributed by atoms with Gasteiger partial charge in [0.2, 0.25) is 0 Å². The van der Waals surface area contributed by atoms with Crippen molar-refractivity contribution < 1.29 is 9.63 Å². The first-order valence-electron chi connectivity index (χ1n) is 14.6. The highest BCUT2D eigenvalue weighted by Gasteiger charge is 2.12. The van der Waals surface area contributed by atoms with E-state index in [1.54, 1.807) is 0 Å². The van der Waals surface area contributed by atoms with Crippen LogP contribution in [0.25, 0.3) is 0 Å². The summed E-state index contributed by atoms with van der Waals surface area (Å²) in [5.74, 6) is 0.897. The van der Waals surface area contributed by atoms with Crippen molar-refractivity contribution >= 4 is 5.97 Å². The number of rotatable bonds is 25. The molecule has 3 nitrogen and oxygen atoms in total. The van der Waals surface area contributed by atoms with Crippen LogP contribution in [0, 0.1) is 5.92 Å². The molecule has 0 aliphatic rings. The summed E-state index contributed by atoms with van der Waals surface area (Å²) in [6, 6.07) is 0. The molecular formula is C29H59NO2. The maximum atomic E-state index is 12.4. The average molecular weight is 454 g/mol. The van der Waals surface area contributed by atoms with Crippen LogP contribution < -0.4 is 0 Å². The maximum Gasteiger partial charge on any atom is 0.325 e. The molecule has 0 saturated carbocycles. The van der Waals surface area contributed by atoms with Gasteiger partial charge >= 0.3 is 5.97 Å². The molecule has 0 aromatic rings. The minimum Gasteiger partial charge on any atom is -0.368 e. The lowest BCUT2D eigenvalue weighted by Gasteiger charge is -2.21. The van der Waals surface area contributed by atoms with Gasteiger partial charge in [-0.25, -0.2) is 0 Å². The second kappa shape index (κ2) is 25.1. The van der Waals surface area contributed by atoms with Crippen molar-refractivity contribution in [3.63, 3.8) is 0 Å². The number of nitrogens with zero attached hydrogens (tertiary/aromatic N) is 1. The molecule has 32 heavy (non-hydrogen) atoms. The van der Waals surface area contributed by atoms with Gasteiger partial charge in [-0.15, -0.1) is 5.06 Å². The third kappa shape index (κ3) is 21.3. The van der Waals surface area contributed by atoms with Crippen LogP contribution in [0.15, 0.2) is 0 Å². The molecule has 0 rings (SSSR count). The number of unbranched alkanes of at least 4 members (excludes halogenated alkanes) is 14. The topological polar surface area (TPSA) is 29.5 Å². The Balaban J connectivity index is 4.00. The van der Waals surface area contributed by atoms with Crippen LogP contribution >= 0.6 is 0 Å². The Morgan fingerprint density at radius 1 is 0.594 bits per heavy atom. The van der Waals surface area contributed by atoms with Gasteiger partial charge in [-0.05, 0) is 25.2 Å². The molecule has 0 atom stereocenters. The van der Waals surface area contributed by atoms with E-state index >= 15 is 0 Å². The minimum absolute atomic E-state index is 0.0148. The summed E-state index contributed by atoms with van der Waals surface area (Å²) < 4.78 is 0. The van der Waals surface area contributed by atoms with Crippen LogP contribution in [0.3, 0.4) is 0 Å². The van der Waals surface area contributed by atoms with Crippen molar-refractivity contribution in [1.29, 1.82) is 0 Å². The first-order valence-corrected chi connectivity index (χ1v) is 14.6. The second-order valence-corrected chi connectivity index (χ2v) is 9.92. The molecule has 0 bridgehead atoms. The number of hydroxylamine groups is 2. The van der Waals surface area contributed by atoms with Gasteiger partial charge in [0.1, 0.15) is 0 Å². The van der Waals surface area contributed by atoms with Gasteiger partial charge in [-0.2, -0.15) is 0 Å². The van der Waals surface area contributed by atoms with Gasteiger partial charge < -0.3 is 4.84 Å². The number of hydrogen-bond donors (Lipinski definition) is 0. The van der Waals surface area contributed by atoms with E-state index < -0.39 is 0 Å². The van der Waals surface area contributed by atoms with E-state index in [2.05, 4.69) is 27.7 Å². The molecule has 0 aliphatic carbocycles. The Morgan fingerprint density at radius 3 is 1.53 bits per heavy atom. The van der Waals surface area contributed by atoms with Crippen LogP contribution in [0.2, 0.25) is 0 Å². The highest BCUT2D eigenvalue weighted by molar-refractivity contribution is 5.68. The zero-order valence-electron chi connectivity index (χ0n) is 22.6. The molecule has 0 spiro atoms. The van der Waals surface area contributed by atoms with E-state index in [0.717, 1.165) is 44.7 Å². The lowest BCUT2D eigenvalue weighted by Crippen LogP contribution is -2.29. The zero-order chi connectivity index (χ0) is 23.7. The molecule has 0 radical (unpaired) electrons. The van der Waals surface area contributed by atoms with Gasteiger partial charge in [0, 0.05) is 19.5 Å². The number of carbonyl (C=O) groups excluding carboxylic acids is 1. The fourth-order valence-electron chi connectivity index (χ4n) is 4.46. The summed E-state index contributed by atoms with van der Waals surface area (Å²) in [4.78, 5) is 18.2. The van der Waals surface area contributed by atoms with Crippen LogP contribution in [0.5, 0.6) is 0 Å². The van der Waals surface area contributed by atoms with Gasteiger partial charge in [-0.3, -0.25) is 4.79 Å². The molecule has 0 unspecified atom stereocenters. The van der Waals surface area contributed by atoms with Crippen molar-refractivity contribution in [3.8, 4) is 0 Å². The minimum atomic E-state index is -0.0148. The zero-order valence-corrected chi connectivity index (χ0v) is 22.6. The van der Waals surface area contributed by atoms with E-state index in [4.69, 9.17) is 4.84 Å². The molecule has 0 heterocycles. The summed E-state index contributed by atoms with van der Waals surface area (Å²) in [5.41, 5.74) is 0. The molecule has 3 heteroatoms. The van der Waals surface area contributed by atoms with Crippen molar-refractivity contribution in [2.24, 2.45) is 5.92 Å². The Hall–Kier alpha value is -0.570. The summed E-state index contributed by atoms with van der Waals surface area (Å²) in [6.07, 6.45) is 26.0. The van der Waals surface area contributed by atoms with Gasteiger partial charge in [0.25, 0.3) is 0 Å². The predicted octanol–water partition coefficient (Wildman–Crippen LogP) is 9.63. The number of hydrogen-bond acceptors (Lipinski definition) is 3. The van der Waals surface area contributed by atoms with E-state index in [0.29, 0.717) is 6.42 Å². The molecule has 0 aromatic heterocycles. The second-order valence-electron chi connectivity index (χ2n) is 9.92. The van der Waals surface area contributed by atoms with Crippen LogP contribution in [0.4, 0.5) is 0 Å². The van der Waals surface area contributed by atoms with E-state index in [9.17, 15) is 4.79 Å². The summed E-state index contributed by atoms with van der Waals surface area (Å²) in [5, 5.41) is 1.98. The summed E-state index contributed by atoms with van der Waals surface area (Å²) in [6.45, 7) is 10.9. The Bertz CT molecular complexity index is 365. The molecule has 0 aromatic carbocycles. The summed E-state index contributed by atoms with van der Waals surface area (Å²) in [7, 11) is 0. The normalized spacial score (nSPS) is 11.6. The molecular weight excluding hydrogens is 394 g/mol. The molecule has 0 aliphatic heterocycles. The lowest BCUT2D eigenvalue weighted by atomic mass is 9.96. The Kier molecular flexibility index (Phi) is 24.6. The maximum absolute atomic E-state index is 12.4. The van der Waals surface area contributed by atoms with Gasteiger partial charge in [0.05, 0.1) is 0 Å². The van der Waals surface area contributed by atoms with Crippen molar-refractivity contribution in [2.75, 3.05) is 13.1 Å². The summed E-state index contributed by atoms with van der Waals surface area (Å²) >= 11 is 0. The van der Waals surface area contributed by atoms with Crippen molar-refractivity contribution in [2.45, 2.75) is 163 Å².